The van der Waals surface area contributed by atoms with Gasteiger partial charge in [-0.2, -0.15) is 0 Å². The van der Waals surface area contributed by atoms with E-state index < -0.39 is 0 Å². The minimum Gasteiger partial charge on any atom is -0.497 e. The molecule has 1 aliphatic heterocycles. The van der Waals surface area contributed by atoms with Crippen LogP contribution >= 0.6 is 11.3 Å². The Kier molecular flexibility index (Phi) is 4.99. The fourth-order valence-corrected chi connectivity index (χ4v) is 4.41. The predicted octanol–water partition coefficient (Wildman–Crippen LogP) is 3.83. The molecule has 1 fully saturated rings. The number of methoxy groups -OCH3 is 1. The molecule has 2 aromatic carbocycles. The number of aryl methyl sites for hydroxylation is 1. The topological polar surface area (TPSA) is 45.7 Å². The SMILES string of the molecule is CCc1ccc2nc(N3CCN(C(=O)c4ccc(OC)cc4)CC3)sc2c1. The van der Waals surface area contributed by atoms with E-state index in [-0.39, 0.29) is 5.91 Å². The van der Waals surface area contributed by atoms with Crippen molar-refractivity contribution in [2.75, 3.05) is 38.2 Å². The minimum atomic E-state index is 0.0780. The summed E-state index contributed by atoms with van der Waals surface area (Å²) < 4.78 is 6.40. The number of nitrogens with zero attached hydrogens (tertiary/aromatic N) is 3. The van der Waals surface area contributed by atoms with Gasteiger partial charge in [-0.3, -0.25) is 4.79 Å². The molecule has 0 bridgehead atoms. The molecule has 0 N–H and O–H groups in total. The first-order valence-corrected chi connectivity index (χ1v) is 10.1. The van der Waals surface area contributed by atoms with E-state index in [9.17, 15) is 4.79 Å². The monoisotopic (exact) mass is 381 g/mol. The van der Waals surface area contributed by atoms with Crippen LogP contribution in [0.25, 0.3) is 10.2 Å². The molecular formula is C21H23N3O2S. The number of benzene rings is 2. The molecule has 0 saturated carbocycles. The number of piperazine rings is 1. The summed E-state index contributed by atoms with van der Waals surface area (Å²) in [5.74, 6) is 0.840. The fraction of sp³-hybridized carbons (Fsp3) is 0.333. The number of aromatic nitrogens is 1. The number of amides is 1. The molecular weight excluding hydrogens is 358 g/mol. The van der Waals surface area contributed by atoms with Gasteiger partial charge in [0.05, 0.1) is 17.3 Å². The molecule has 140 valence electrons. The highest BCUT2D eigenvalue weighted by molar-refractivity contribution is 7.22. The van der Waals surface area contributed by atoms with E-state index in [0.717, 1.165) is 35.9 Å². The van der Waals surface area contributed by atoms with Gasteiger partial charge in [0.1, 0.15) is 5.75 Å². The van der Waals surface area contributed by atoms with Crippen LogP contribution in [0, 0.1) is 0 Å². The van der Waals surface area contributed by atoms with E-state index in [1.54, 1.807) is 18.4 Å². The summed E-state index contributed by atoms with van der Waals surface area (Å²) in [4.78, 5) is 21.7. The van der Waals surface area contributed by atoms with Crippen LogP contribution in [0.3, 0.4) is 0 Å². The smallest absolute Gasteiger partial charge is 0.253 e. The molecule has 6 heteroatoms. The largest absolute Gasteiger partial charge is 0.497 e. The van der Waals surface area contributed by atoms with E-state index >= 15 is 0 Å². The maximum absolute atomic E-state index is 12.7. The van der Waals surface area contributed by atoms with Gasteiger partial charge in [-0.05, 0) is 48.4 Å². The average molecular weight is 382 g/mol. The van der Waals surface area contributed by atoms with Crippen molar-refractivity contribution < 1.29 is 9.53 Å². The van der Waals surface area contributed by atoms with Crippen LogP contribution < -0.4 is 9.64 Å². The number of hydrogen-bond donors (Lipinski definition) is 0. The zero-order valence-electron chi connectivity index (χ0n) is 15.6. The lowest BCUT2D eigenvalue weighted by Crippen LogP contribution is -2.48. The Balaban J connectivity index is 1.43. The molecule has 0 atom stereocenters. The lowest BCUT2D eigenvalue weighted by Gasteiger charge is -2.34. The Morgan fingerprint density at radius 2 is 1.85 bits per heavy atom. The second-order valence-electron chi connectivity index (χ2n) is 6.66. The summed E-state index contributed by atoms with van der Waals surface area (Å²) in [7, 11) is 1.63. The Morgan fingerprint density at radius 3 is 2.52 bits per heavy atom. The first-order chi connectivity index (χ1) is 13.2. The van der Waals surface area contributed by atoms with Gasteiger partial charge in [0, 0.05) is 31.7 Å². The van der Waals surface area contributed by atoms with Crippen LogP contribution in [0.4, 0.5) is 5.13 Å². The summed E-state index contributed by atoms with van der Waals surface area (Å²) >= 11 is 1.74. The van der Waals surface area contributed by atoms with E-state index in [2.05, 4.69) is 30.0 Å². The maximum atomic E-state index is 12.7. The number of carbonyl (C=O) groups excluding carboxylic acids is 1. The van der Waals surface area contributed by atoms with Crippen molar-refractivity contribution in [3.63, 3.8) is 0 Å². The number of fused-ring (bicyclic) bond motifs is 1. The van der Waals surface area contributed by atoms with Crippen molar-refractivity contribution in [1.82, 2.24) is 9.88 Å². The second kappa shape index (κ2) is 7.56. The van der Waals surface area contributed by atoms with Crippen LogP contribution in [0.2, 0.25) is 0 Å². The van der Waals surface area contributed by atoms with E-state index in [4.69, 9.17) is 9.72 Å². The van der Waals surface area contributed by atoms with Crippen molar-refractivity contribution in [3.05, 3.63) is 53.6 Å². The molecule has 3 aromatic rings. The van der Waals surface area contributed by atoms with Crippen molar-refractivity contribution in [1.29, 1.82) is 0 Å². The van der Waals surface area contributed by atoms with E-state index in [1.165, 1.54) is 10.3 Å². The first kappa shape index (κ1) is 17.8. The molecule has 5 nitrogen and oxygen atoms in total. The molecule has 4 rings (SSSR count). The molecule has 1 aliphatic rings. The standard InChI is InChI=1S/C21H23N3O2S/c1-3-15-4-9-18-19(14-15)27-21(22-18)24-12-10-23(11-13-24)20(25)16-5-7-17(26-2)8-6-16/h4-9,14H,3,10-13H2,1-2H3. The molecule has 0 aliphatic carbocycles. The third-order valence-corrected chi connectivity index (χ3v) is 6.10. The third-order valence-electron chi connectivity index (χ3n) is 5.02. The molecule has 1 amide bonds. The van der Waals surface area contributed by atoms with Crippen LogP contribution in [0.5, 0.6) is 5.75 Å². The number of ether oxygens (including phenoxy) is 1. The molecule has 2 heterocycles. The van der Waals surface area contributed by atoms with Gasteiger partial charge in [-0.15, -0.1) is 0 Å². The van der Waals surface area contributed by atoms with Gasteiger partial charge >= 0.3 is 0 Å². The average Bonchev–Trinajstić information content (AvgIpc) is 3.16. The number of rotatable bonds is 4. The Morgan fingerprint density at radius 1 is 1.11 bits per heavy atom. The summed E-state index contributed by atoms with van der Waals surface area (Å²) in [6.45, 7) is 5.20. The van der Waals surface area contributed by atoms with Crippen LogP contribution in [0.15, 0.2) is 42.5 Å². The number of thiazole rings is 1. The number of hydrogen-bond acceptors (Lipinski definition) is 5. The number of anilines is 1. The van der Waals surface area contributed by atoms with Gasteiger partial charge in [0.2, 0.25) is 0 Å². The van der Waals surface area contributed by atoms with Crippen molar-refractivity contribution in [3.8, 4) is 5.75 Å². The summed E-state index contributed by atoms with van der Waals surface area (Å²) in [5, 5.41) is 1.05. The van der Waals surface area contributed by atoms with Gasteiger partial charge in [0.15, 0.2) is 5.13 Å². The molecule has 0 unspecified atom stereocenters. The summed E-state index contributed by atoms with van der Waals surface area (Å²) in [6, 6.07) is 13.8. The maximum Gasteiger partial charge on any atom is 0.253 e. The van der Waals surface area contributed by atoms with Crippen molar-refractivity contribution in [2.45, 2.75) is 13.3 Å². The first-order valence-electron chi connectivity index (χ1n) is 9.25. The second-order valence-corrected chi connectivity index (χ2v) is 7.67. The molecule has 0 spiro atoms. The van der Waals surface area contributed by atoms with Crippen molar-refractivity contribution in [2.24, 2.45) is 0 Å². The Bertz CT molecular complexity index is 944. The molecule has 27 heavy (non-hydrogen) atoms. The fourth-order valence-electron chi connectivity index (χ4n) is 3.33. The van der Waals surface area contributed by atoms with Gasteiger partial charge in [-0.1, -0.05) is 24.3 Å². The van der Waals surface area contributed by atoms with Crippen LogP contribution in [0.1, 0.15) is 22.8 Å². The lowest BCUT2D eigenvalue weighted by atomic mass is 10.1. The summed E-state index contributed by atoms with van der Waals surface area (Å²) in [6.07, 6.45) is 1.04. The Hall–Kier alpha value is -2.60. The molecule has 1 saturated heterocycles. The predicted molar refractivity (Wildman–Crippen MR) is 110 cm³/mol. The van der Waals surface area contributed by atoms with Crippen LogP contribution in [-0.4, -0.2) is 49.1 Å². The zero-order valence-corrected chi connectivity index (χ0v) is 16.5. The minimum absolute atomic E-state index is 0.0780. The third kappa shape index (κ3) is 3.62. The highest BCUT2D eigenvalue weighted by Gasteiger charge is 2.24. The normalized spacial score (nSPS) is 14.6. The van der Waals surface area contributed by atoms with E-state index in [1.807, 2.05) is 29.2 Å². The highest BCUT2D eigenvalue weighted by atomic mass is 32.1. The van der Waals surface area contributed by atoms with E-state index in [0.29, 0.717) is 18.7 Å². The van der Waals surface area contributed by atoms with Gasteiger partial charge in [0.25, 0.3) is 5.91 Å². The Labute approximate surface area is 163 Å². The van der Waals surface area contributed by atoms with Crippen LogP contribution in [-0.2, 0) is 6.42 Å². The molecule has 0 radical (unpaired) electrons. The zero-order chi connectivity index (χ0) is 18.8. The van der Waals surface area contributed by atoms with Gasteiger partial charge in [-0.25, -0.2) is 4.98 Å². The quantitative estimate of drug-likeness (QED) is 0.689. The van der Waals surface area contributed by atoms with Crippen molar-refractivity contribution >= 4 is 32.6 Å². The molecule has 1 aromatic heterocycles. The summed E-state index contributed by atoms with van der Waals surface area (Å²) in [5.41, 5.74) is 3.10. The highest BCUT2D eigenvalue weighted by Crippen LogP contribution is 2.30. The van der Waals surface area contributed by atoms with Gasteiger partial charge < -0.3 is 14.5 Å². The number of carbonyl (C=O) groups is 1. The lowest BCUT2D eigenvalue weighted by molar-refractivity contribution is 0.0746.